The Balaban J connectivity index is 1.62. The minimum absolute atomic E-state index is 0.193. The second-order valence-electron chi connectivity index (χ2n) is 4.23. The number of thioether (sulfide) groups is 1. The van der Waals surface area contributed by atoms with Crippen LogP contribution in [0, 0.1) is 0 Å². The molecule has 0 spiro atoms. The third-order valence-electron chi connectivity index (χ3n) is 2.78. The smallest absolute Gasteiger partial charge is 0.373 e. The Morgan fingerprint density at radius 1 is 1.32 bits per heavy atom. The predicted molar refractivity (Wildman–Crippen MR) is 78.8 cm³/mol. The van der Waals surface area contributed by atoms with E-state index in [-0.39, 0.29) is 5.76 Å². The van der Waals surface area contributed by atoms with Gasteiger partial charge < -0.3 is 9.15 Å². The van der Waals surface area contributed by atoms with E-state index in [9.17, 15) is 4.79 Å². The van der Waals surface area contributed by atoms with Crippen LogP contribution in [0.25, 0.3) is 5.82 Å². The van der Waals surface area contributed by atoms with E-state index in [1.165, 1.54) is 18.9 Å². The van der Waals surface area contributed by atoms with Crippen molar-refractivity contribution in [2.45, 2.75) is 10.8 Å². The molecule has 3 heterocycles. The summed E-state index contributed by atoms with van der Waals surface area (Å²) in [6.45, 7) is 0. The van der Waals surface area contributed by atoms with Crippen LogP contribution in [-0.2, 0) is 10.5 Å². The van der Waals surface area contributed by atoms with Crippen LogP contribution >= 0.6 is 11.8 Å². The van der Waals surface area contributed by atoms with Gasteiger partial charge in [0, 0.05) is 12.4 Å². The van der Waals surface area contributed by atoms with Crippen molar-refractivity contribution >= 4 is 17.7 Å². The first kappa shape index (κ1) is 14.3. The monoisotopic (exact) mass is 316 g/mol. The molecule has 0 atom stereocenters. The van der Waals surface area contributed by atoms with Crippen molar-refractivity contribution in [1.29, 1.82) is 0 Å². The predicted octanol–water partition coefficient (Wildman–Crippen LogP) is 2.33. The van der Waals surface area contributed by atoms with Gasteiger partial charge >= 0.3 is 5.97 Å². The number of methoxy groups -OCH3 is 1. The van der Waals surface area contributed by atoms with Crippen LogP contribution in [0.5, 0.6) is 0 Å². The summed E-state index contributed by atoms with van der Waals surface area (Å²) in [4.78, 5) is 11.3. The molecule has 22 heavy (non-hydrogen) atoms. The Morgan fingerprint density at radius 3 is 2.91 bits per heavy atom. The number of hydrogen-bond donors (Lipinski definition) is 0. The number of aromatic nitrogens is 4. The fourth-order valence-corrected chi connectivity index (χ4v) is 2.44. The summed E-state index contributed by atoms with van der Waals surface area (Å²) >= 11 is 1.46. The third-order valence-corrected chi connectivity index (χ3v) is 3.72. The maximum atomic E-state index is 11.3. The fourth-order valence-electron chi connectivity index (χ4n) is 1.73. The Bertz CT molecular complexity index is 753. The highest BCUT2D eigenvalue weighted by Gasteiger charge is 2.11. The van der Waals surface area contributed by atoms with Crippen LogP contribution < -0.4 is 0 Å². The zero-order valence-corrected chi connectivity index (χ0v) is 12.5. The molecule has 8 heteroatoms. The van der Waals surface area contributed by atoms with Gasteiger partial charge in [0.2, 0.25) is 5.76 Å². The van der Waals surface area contributed by atoms with Crippen molar-refractivity contribution in [1.82, 2.24) is 20.0 Å². The first-order valence-electron chi connectivity index (χ1n) is 6.40. The Morgan fingerprint density at radius 2 is 2.23 bits per heavy atom. The van der Waals surface area contributed by atoms with Crippen LogP contribution in [-0.4, -0.2) is 33.1 Å². The number of nitrogens with zero attached hydrogens (tertiary/aromatic N) is 4. The summed E-state index contributed by atoms with van der Waals surface area (Å²) in [6, 6.07) is 8.85. The molecule has 0 aliphatic rings. The SMILES string of the molecule is COC(=O)c1ccc(CSc2ccc(-n3cccn3)nn2)o1. The number of esters is 1. The van der Waals surface area contributed by atoms with Gasteiger partial charge in [-0.3, -0.25) is 0 Å². The summed E-state index contributed by atoms with van der Waals surface area (Å²) in [5, 5.41) is 13.1. The molecule has 0 aliphatic heterocycles. The van der Waals surface area contributed by atoms with E-state index in [2.05, 4.69) is 20.0 Å². The molecular formula is C14H12N4O3S. The van der Waals surface area contributed by atoms with E-state index in [4.69, 9.17) is 4.42 Å². The highest BCUT2D eigenvalue weighted by molar-refractivity contribution is 7.98. The summed E-state index contributed by atoms with van der Waals surface area (Å²) in [7, 11) is 1.32. The standard InChI is InChI=1S/C14H12N4O3S/c1-20-14(19)11-4-3-10(21-11)9-22-13-6-5-12(16-17-13)18-8-2-7-15-18/h2-8H,9H2,1H3. The summed E-state index contributed by atoms with van der Waals surface area (Å²) in [5.74, 6) is 1.58. The normalized spacial score (nSPS) is 10.6. The van der Waals surface area contributed by atoms with Gasteiger partial charge in [-0.15, -0.1) is 10.2 Å². The van der Waals surface area contributed by atoms with Gasteiger partial charge in [-0.1, -0.05) is 11.8 Å². The Kier molecular flexibility index (Phi) is 4.19. The molecule has 0 fully saturated rings. The maximum absolute atomic E-state index is 11.3. The fraction of sp³-hybridized carbons (Fsp3) is 0.143. The number of rotatable bonds is 5. The molecule has 0 aromatic carbocycles. The molecule has 0 saturated carbocycles. The first-order chi connectivity index (χ1) is 10.8. The molecule has 0 aliphatic carbocycles. The van der Waals surface area contributed by atoms with Crippen molar-refractivity contribution in [2.24, 2.45) is 0 Å². The highest BCUT2D eigenvalue weighted by atomic mass is 32.2. The van der Waals surface area contributed by atoms with Gasteiger partial charge in [-0.05, 0) is 30.3 Å². The molecule has 0 unspecified atom stereocenters. The van der Waals surface area contributed by atoms with E-state index in [1.807, 2.05) is 18.2 Å². The van der Waals surface area contributed by atoms with Crippen LogP contribution in [0.2, 0.25) is 0 Å². The lowest BCUT2D eigenvalue weighted by Gasteiger charge is -2.01. The maximum Gasteiger partial charge on any atom is 0.373 e. The highest BCUT2D eigenvalue weighted by Crippen LogP contribution is 2.22. The number of carbonyl (C=O) groups is 1. The summed E-state index contributed by atoms with van der Waals surface area (Å²) < 4.78 is 11.6. The molecule has 0 radical (unpaired) electrons. The molecular weight excluding hydrogens is 304 g/mol. The van der Waals surface area contributed by atoms with Crippen molar-refractivity contribution in [3.8, 4) is 5.82 Å². The van der Waals surface area contributed by atoms with E-state index in [0.29, 0.717) is 17.3 Å². The molecule has 7 nitrogen and oxygen atoms in total. The average Bonchev–Trinajstić information content (AvgIpc) is 3.24. The van der Waals surface area contributed by atoms with Gasteiger partial charge in [0.25, 0.3) is 0 Å². The molecule has 0 saturated heterocycles. The first-order valence-corrected chi connectivity index (χ1v) is 7.38. The van der Waals surface area contributed by atoms with Crippen LogP contribution in [0.1, 0.15) is 16.3 Å². The van der Waals surface area contributed by atoms with Gasteiger partial charge in [-0.25, -0.2) is 9.48 Å². The molecule has 0 N–H and O–H groups in total. The van der Waals surface area contributed by atoms with Crippen molar-refractivity contribution < 1.29 is 13.9 Å². The lowest BCUT2D eigenvalue weighted by molar-refractivity contribution is 0.0563. The van der Waals surface area contributed by atoms with E-state index < -0.39 is 5.97 Å². The van der Waals surface area contributed by atoms with Crippen LogP contribution in [0.4, 0.5) is 0 Å². The Labute approximate surface area is 130 Å². The minimum atomic E-state index is -0.486. The van der Waals surface area contributed by atoms with Crippen molar-refractivity contribution in [3.05, 3.63) is 54.2 Å². The number of hydrogen-bond acceptors (Lipinski definition) is 7. The van der Waals surface area contributed by atoms with E-state index in [1.54, 1.807) is 29.2 Å². The topological polar surface area (TPSA) is 83.0 Å². The largest absolute Gasteiger partial charge is 0.463 e. The van der Waals surface area contributed by atoms with Crippen molar-refractivity contribution in [2.75, 3.05) is 7.11 Å². The van der Waals surface area contributed by atoms with Crippen LogP contribution in [0.3, 0.4) is 0 Å². The lowest BCUT2D eigenvalue weighted by Crippen LogP contribution is -1.99. The number of ether oxygens (including phenoxy) is 1. The zero-order chi connectivity index (χ0) is 15.4. The van der Waals surface area contributed by atoms with Crippen LogP contribution in [0.15, 0.2) is 52.2 Å². The summed E-state index contributed by atoms with van der Waals surface area (Å²) in [6.07, 6.45) is 3.48. The van der Waals surface area contributed by atoms with E-state index >= 15 is 0 Å². The minimum Gasteiger partial charge on any atom is -0.463 e. The van der Waals surface area contributed by atoms with Gasteiger partial charge in [0.1, 0.15) is 10.8 Å². The van der Waals surface area contributed by atoms with Gasteiger partial charge in [0.15, 0.2) is 5.82 Å². The van der Waals surface area contributed by atoms with Crippen molar-refractivity contribution in [3.63, 3.8) is 0 Å². The molecule has 3 aromatic heterocycles. The second-order valence-corrected chi connectivity index (χ2v) is 5.22. The number of carbonyl (C=O) groups excluding carboxylic acids is 1. The summed E-state index contributed by atoms with van der Waals surface area (Å²) in [5.41, 5.74) is 0. The van der Waals surface area contributed by atoms with E-state index in [0.717, 1.165) is 5.03 Å². The zero-order valence-electron chi connectivity index (χ0n) is 11.7. The molecule has 0 bridgehead atoms. The van der Waals surface area contributed by atoms with Gasteiger partial charge in [0.05, 0.1) is 12.9 Å². The molecule has 0 amide bonds. The molecule has 3 rings (SSSR count). The molecule has 3 aromatic rings. The third kappa shape index (κ3) is 3.17. The second kappa shape index (κ2) is 6.44. The quantitative estimate of drug-likeness (QED) is 0.527. The lowest BCUT2D eigenvalue weighted by atomic mass is 10.4. The number of furan rings is 1. The Hall–Kier alpha value is -2.61. The van der Waals surface area contributed by atoms with Gasteiger partial charge in [-0.2, -0.15) is 5.10 Å². The average molecular weight is 316 g/mol. The molecule has 112 valence electrons.